The highest BCUT2D eigenvalue weighted by atomic mass is 31.2. The number of aliphatic hydroxyl groups excluding tert-OH is 1. The number of hydrogen-bond acceptors (Lipinski definition) is 6. The zero-order chi connectivity index (χ0) is 16.7. The van der Waals surface area contributed by atoms with Crippen LogP contribution in [-0.4, -0.2) is 51.8 Å². The van der Waals surface area contributed by atoms with E-state index in [-0.39, 0.29) is 26.1 Å². The summed E-state index contributed by atoms with van der Waals surface area (Å²) in [6.45, 7) is 3.63. The first-order valence-electron chi connectivity index (χ1n) is 6.73. The van der Waals surface area contributed by atoms with Crippen molar-refractivity contribution in [3.8, 4) is 0 Å². The van der Waals surface area contributed by atoms with Crippen molar-refractivity contribution in [2.45, 2.75) is 38.8 Å². The predicted molar refractivity (Wildman–Crippen MR) is 73.5 cm³/mol. The molecule has 124 valence electrons. The van der Waals surface area contributed by atoms with E-state index < -0.39 is 37.2 Å². The van der Waals surface area contributed by atoms with Gasteiger partial charge in [0.25, 0.3) is 0 Å². The molecule has 0 bridgehead atoms. The predicted octanol–water partition coefficient (Wildman–Crippen LogP) is 0.438. The molecule has 21 heavy (non-hydrogen) atoms. The Morgan fingerprint density at radius 3 is 2.10 bits per heavy atom. The molecular formula is C12H23O8P. The van der Waals surface area contributed by atoms with Crippen molar-refractivity contribution in [1.29, 1.82) is 0 Å². The molecule has 2 atom stereocenters. The van der Waals surface area contributed by atoms with Crippen LogP contribution < -0.4 is 0 Å². The maximum absolute atomic E-state index is 12.1. The highest BCUT2D eigenvalue weighted by Crippen LogP contribution is 2.58. The van der Waals surface area contributed by atoms with Crippen LogP contribution in [-0.2, 0) is 23.6 Å². The first kappa shape index (κ1) is 20.1. The molecule has 3 N–H and O–H groups in total. The Morgan fingerprint density at radius 2 is 1.76 bits per heavy atom. The summed E-state index contributed by atoms with van der Waals surface area (Å²) >= 11 is 0. The Morgan fingerprint density at radius 1 is 1.19 bits per heavy atom. The minimum absolute atomic E-state index is 0.0119. The van der Waals surface area contributed by atoms with E-state index in [1.54, 1.807) is 0 Å². The van der Waals surface area contributed by atoms with Crippen molar-refractivity contribution in [3.63, 3.8) is 0 Å². The Kier molecular flexibility index (Phi) is 8.10. The highest BCUT2D eigenvalue weighted by molar-refractivity contribution is 7.54. The van der Waals surface area contributed by atoms with Crippen LogP contribution in [0, 0.1) is 5.92 Å². The second-order valence-electron chi connectivity index (χ2n) is 4.39. The summed E-state index contributed by atoms with van der Waals surface area (Å²) in [7, 11) is -4.99. The summed E-state index contributed by atoms with van der Waals surface area (Å²) in [4.78, 5) is 43.5. The second kappa shape index (κ2) is 8.48. The lowest BCUT2D eigenvalue weighted by Gasteiger charge is -2.36. The van der Waals surface area contributed by atoms with Crippen molar-refractivity contribution in [2.24, 2.45) is 5.92 Å². The third kappa shape index (κ3) is 4.26. The average Bonchev–Trinajstić information content (AvgIpc) is 2.40. The van der Waals surface area contributed by atoms with E-state index in [4.69, 9.17) is 14.6 Å². The van der Waals surface area contributed by atoms with Gasteiger partial charge in [-0.15, -0.1) is 0 Å². The Hall–Kier alpha value is -0.950. The lowest BCUT2D eigenvalue weighted by molar-refractivity contribution is -0.160. The highest BCUT2D eigenvalue weighted by Gasteiger charge is 2.61. The Balaban J connectivity index is 5.79. The van der Waals surface area contributed by atoms with E-state index >= 15 is 0 Å². The molecule has 0 aromatic rings. The fraction of sp³-hybridized carbons (Fsp3) is 0.833. The Bertz CT molecular complexity index is 404. The van der Waals surface area contributed by atoms with Crippen LogP contribution in [0.15, 0.2) is 0 Å². The number of ether oxygens (including phenoxy) is 2. The number of carbonyl (C=O) groups excluding carboxylic acids is 2. The van der Waals surface area contributed by atoms with Crippen molar-refractivity contribution < 1.29 is 38.5 Å². The molecule has 0 amide bonds. The summed E-state index contributed by atoms with van der Waals surface area (Å²) in [5.74, 6) is -3.41. The van der Waals surface area contributed by atoms with E-state index in [0.29, 0.717) is 0 Å². The minimum atomic E-state index is -4.99. The zero-order valence-electron chi connectivity index (χ0n) is 12.4. The van der Waals surface area contributed by atoms with Crippen molar-refractivity contribution >= 4 is 19.5 Å². The summed E-state index contributed by atoms with van der Waals surface area (Å²) in [6.07, 6.45) is -0.287. The van der Waals surface area contributed by atoms with E-state index in [9.17, 15) is 23.9 Å². The van der Waals surface area contributed by atoms with Gasteiger partial charge in [0, 0.05) is 0 Å². The van der Waals surface area contributed by atoms with Crippen molar-refractivity contribution in [1.82, 2.24) is 0 Å². The molecule has 0 aliphatic heterocycles. The minimum Gasteiger partial charge on any atom is -0.465 e. The van der Waals surface area contributed by atoms with Crippen LogP contribution >= 0.6 is 7.60 Å². The van der Waals surface area contributed by atoms with Crippen LogP contribution in [0.25, 0.3) is 0 Å². The smallest absolute Gasteiger partial charge is 0.343 e. The Labute approximate surface area is 123 Å². The van der Waals surface area contributed by atoms with E-state index in [1.165, 1.54) is 20.8 Å². The maximum atomic E-state index is 12.1. The molecule has 0 saturated heterocycles. The first-order chi connectivity index (χ1) is 9.72. The lowest BCUT2D eigenvalue weighted by Crippen LogP contribution is -2.50. The quantitative estimate of drug-likeness (QED) is 0.411. The van der Waals surface area contributed by atoms with Crippen LogP contribution in [0.4, 0.5) is 0 Å². The van der Waals surface area contributed by atoms with Gasteiger partial charge in [-0.05, 0) is 19.8 Å². The molecule has 0 spiro atoms. The van der Waals surface area contributed by atoms with Crippen LogP contribution in [0.2, 0.25) is 0 Å². The van der Waals surface area contributed by atoms with Crippen LogP contribution in [0.3, 0.4) is 0 Å². The first-order valence-corrected chi connectivity index (χ1v) is 8.34. The van der Waals surface area contributed by atoms with Gasteiger partial charge < -0.3 is 24.4 Å². The van der Waals surface area contributed by atoms with Gasteiger partial charge in [0.2, 0.25) is 0 Å². The van der Waals surface area contributed by atoms with Crippen molar-refractivity contribution in [2.75, 3.05) is 19.8 Å². The topological polar surface area (TPSA) is 130 Å². The molecule has 2 unspecified atom stereocenters. The van der Waals surface area contributed by atoms with Gasteiger partial charge >= 0.3 is 19.5 Å². The van der Waals surface area contributed by atoms with Gasteiger partial charge in [0.1, 0.15) is 6.61 Å². The monoisotopic (exact) mass is 326 g/mol. The van der Waals surface area contributed by atoms with E-state index in [0.717, 1.165) is 0 Å². The van der Waals surface area contributed by atoms with Gasteiger partial charge in [0.15, 0.2) is 5.16 Å². The number of hydrogen-bond donors (Lipinski definition) is 3. The largest absolute Gasteiger partial charge is 0.465 e. The third-order valence-corrected chi connectivity index (χ3v) is 5.14. The number of esters is 2. The fourth-order valence-corrected chi connectivity index (χ4v) is 3.67. The molecule has 0 aliphatic rings. The summed E-state index contributed by atoms with van der Waals surface area (Å²) in [5.41, 5.74) is 0. The molecule has 0 aliphatic carbocycles. The molecule has 0 fully saturated rings. The van der Waals surface area contributed by atoms with Gasteiger partial charge in [-0.25, -0.2) is 0 Å². The molecule has 0 aromatic carbocycles. The number of carbonyl (C=O) groups is 2. The second-order valence-corrected chi connectivity index (χ2v) is 6.28. The molecular weight excluding hydrogens is 303 g/mol. The number of rotatable bonds is 9. The molecule has 8 nitrogen and oxygen atoms in total. The molecule has 0 rings (SSSR count). The fourth-order valence-electron chi connectivity index (χ4n) is 2.26. The van der Waals surface area contributed by atoms with E-state index in [2.05, 4.69) is 0 Å². The van der Waals surface area contributed by atoms with Crippen LogP contribution in [0.5, 0.6) is 0 Å². The maximum Gasteiger partial charge on any atom is 0.343 e. The molecule has 0 aromatic heterocycles. The standard InChI is InChI=1S/C12H23O8P/c1-4-9(10(14)20-8-7-13)12(5-2,21(16,17)18)11(15)19-6-3/h9,13H,4-8H2,1-3H3,(H2,16,17,18). The molecule has 0 saturated carbocycles. The summed E-state index contributed by atoms with van der Waals surface area (Å²) in [5, 5.41) is 6.39. The van der Waals surface area contributed by atoms with E-state index in [1.807, 2.05) is 0 Å². The van der Waals surface area contributed by atoms with Crippen molar-refractivity contribution in [3.05, 3.63) is 0 Å². The van der Waals surface area contributed by atoms with Gasteiger partial charge in [-0.3, -0.25) is 14.2 Å². The van der Waals surface area contributed by atoms with Gasteiger partial charge in [-0.1, -0.05) is 13.8 Å². The average molecular weight is 326 g/mol. The lowest BCUT2D eigenvalue weighted by atomic mass is 9.86. The van der Waals surface area contributed by atoms with Crippen LogP contribution in [0.1, 0.15) is 33.6 Å². The normalized spacial score (nSPS) is 15.9. The SMILES string of the molecule is CCOC(=O)C(CC)(C(CC)C(=O)OCCO)P(=O)(O)O. The molecule has 0 radical (unpaired) electrons. The summed E-state index contributed by atoms with van der Waals surface area (Å²) < 4.78 is 21.4. The molecule has 9 heteroatoms. The zero-order valence-corrected chi connectivity index (χ0v) is 13.3. The molecule has 0 heterocycles. The number of aliphatic hydroxyl groups is 1. The summed E-state index contributed by atoms with van der Waals surface area (Å²) in [6, 6.07) is 0. The van der Waals surface area contributed by atoms with Gasteiger partial charge in [0.05, 0.1) is 19.1 Å². The third-order valence-electron chi connectivity index (χ3n) is 3.29. The van der Waals surface area contributed by atoms with Gasteiger partial charge in [-0.2, -0.15) is 0 Å².